The highest BCUT2D eigenvalue weighted by Gasteiger charge is 2.21. The van der Waals surface area contributed by atoms with E-state index in [1.54, 1.807) is 36.3 Å². The lowest BCUT2D eigenvalue weighted by atomic mass is 10.2. The zero-order chi connectivity index (χ0) is 19.6. The standard InChI is InChI=1S/C18H28N6O3/c1-27-13-12-22-8-10-23(11-9-22)17(25)14-21-18(26)15-2-4-16(5-3-15)24(20)7-6-19/h2-7H,8-14,19-20H2,1H3,(H,21,26)/b7-6-. The molecule has 1 aromatic rings. The highest BCUT2D eigenvalue weighted by atomic mass is 16.5. The van der Waals surface area contributed by atoms with Crippen molar-refractivity contribution in [2.24, 2.45) is 11.6 Å². The first-order valence-electron chi connectivity index (χ1n) is 8.85. The highest BCUT2D eigenvalue weighted by molar-refractivity contribution is 5.96. The Morgan fingerprint density at radius 2 is 1.89 bits per heavy atom. The van der Waals surface area contributed by atoms with E-state index >= 15 is 0 Å². The number of anilines is 1. The topological polar surface area (TPSA) is 117 Å². The maximum atomic E-state index is 12.3. The molecular weight excluding hydrogens is 348 g/mol. The molecule has 27 heavy (non-hydrogen) atoms. The molecule has 0 radical (unpaired) electrons. The molecule has 0 saturated carbocycles. The number of benzene rings is 1. The number of hydrogen-bond acceptors (Lipinski definition) is 7. The molecule has 2 rings (SSSR count). The molecule has 1 aromatic carbocycles. The molecule has 1 aliphatic rings. The van der Waals surface area contributed by atoms with Gasteiger partial charge in [0.2, 0.25) is 5.91 Å². The van der Waals surface area contributed by atoms with Crippen LogP contribution in [0.5, 0.6) is 0 Å². The molecule has 9 nitrogen and oxygen atoms in total. The van der Waals surface area contributed by atoms with E-state index in [0.717, 1.165) is 19.6 Å². The molecule has 0 aliphatic carbocycles. The fourth-order valence-corrected chi connectivity index (χ4v) is 2.77. The predicted molar refractivity (Wildman–Crippen MR) is 104 cm³/mol. The van der Waals surface area contributed by atoms with Crippen molar-refractivity contribution in [3.63, 3.8) is 0 Å². The second kappa shape index (κ2) is 10.5. The average molecular weight is 376 g/mol. The first-order chi connectivity index (χ1) is 13.0. The number of nitrogens with one attached hydrogen (secondary N) is 1. The lowest BCUT2D eigenvalue weighted by Gasteiger charge is -2.34. The van der Waals surface area contributed by atoms with Crippen LogP contribution in [0.25, 0.3) is 0 Å². The van der Waals surface area contributed by atoms with Crippen molar-refractivity contribution in [3.8, 4) is 0 Å². The number of rotatable bonds is 8. The van der Waals surface area contributed by atoms with Crippen molar-refractivity contribution < 1.29 is 14.3 Å². The van der Waals surface area contributed by atoms with E-state index in [0.29, 0.717) is 30.9 Å². The van der Waals surface area contributed by atoms with Crippen LogP contribution in [0, 0.1) is 0 Å². The Kier molecular flexibility index (Phi) is 8.05. The van der Waals surface area contributed by atoms with Crippen molar-refractivity contribution in [3.05, 3.63) is 42.2 Å². The minimum atomic E-state index is -0.299. The smallest absolute Gasteiger partial charge is 0.251 e. The first kappa shape index (κ1) is 20.7. The van der Waals surface area contributed by atoms with Gasteiger partial charge in [0.25, 0.3) is 5.91 Å². The molecule has 0 spiro atoms. The summed E-state index contributed by atoms with van der Waals surface area (Å²) in [5.74, 6) is 5.38. The summed E-state index contributed by atoms with van der Waals surface area (Å²) >= 11 is 0. The molecule has 1 aliphatic heterocycles. The summed E-state index contributed by atoms with van der Waals surface area (Å²) < 4.78 is 5.07. The quantitative estimate of drug-likeness (QED) is 0.406. The Balaban J connectivity index is 1.77. The first-order valence-corrected chi connectivity index (χ1v) is 8.85. The maximum Gasteiger partial charge on any atom is 0.251 e. The van der Waals surface area contributed by atoms with E-state index in [4.69, 9.17) is 16.3 Å². The minimum absolute atomic E-state index is 0.0163. The molecule has 1 saturated heterocycles. The summed E-state index contributed by atoms with van der Waals surface area (Å²) in [6.45, 7) is 4.49. The Morgan fingerprint density at radius 3 is 2.48 bits per heavy atom. The van der Waals surface area contributed by atoms with Gasteiger partial charge in [-0.2, -0.15) is 0 Å². The van der Waals surface area contributed by atoms with Crippen LogP contribution in [-0.2, 0) is 9.53 Å². The van der Waals surface area contributed by atoms with E-state index in [9.17, 15) is 9.59 Å². The average Bonchev–Trinajstić information content (AvgIpc) is 2.71. The van der Waals surface area contributed by atoms with Gasteiger partial charge in [-0.25, -0.2) is 5.84 Å². The Labute approximate surface area is 159 Å². The number of methoxy groups -OCH3 is 1. The Morgan fingerprint density at radius 1 is 1.22 bits per heavy atom. The number of hydrogen-bond donors (Lipinski definition) is 3. The zero-order valence-electron chi connectivity index (χ0n) is 15.6. The highest BCUT2D eigenvalue weighted by Crippen LogP contribution is 2.12. The number of carbonyl (C=O) groups is 2. The van der Waals surface area contributed by atoms with Crippen molar-refractivity contribution >= 4 is 17.5 Å². The van der Waals surface area contributed by atoms with Crippen LogP contribution in [0.4, 0.5) is 5.69 Å². The summed E-state index contributed by atoms with van der Waals surface area (Å²) in [7, 11) is 1.68. The van der Waals surface area contributed by atoms with E-state index in [1.807, 2.05) is 0 Å². The normalized spacial score (nSPS) is 15.1. The second-order valence-electron chi connectivity index (χ2n) is 6.19. The molecule has 5 N–H and O–H groups in total. The molecule has 1 fully saturated rings. The molecule has 9 heteroatoms. The van der Waals surface area contributed by atoms with Crippen LogP contribution >= 0.6 is 0 Å². The third-order valence-electron chi connectivity index (χ3n) is 4.41. The number of nitrogens with zero attached hydrogens (tertiary/aromatic N) is 3. The van der Waals surface area contributed by atoms with Crippen LogP contribution < -0.4 is 21.9 Å². The summed E-state index contributed by atoms with van der Waals surface area (Å²) in [5.41, 5.74) is 6.44. The van der Waals surface area contributed by atoms with Gasteiger partial charge in [0.1, 0.15) is 0 Å². The molecule has 0 unspecified atom stereocenters. The Bertz CT molecular complexity index is 641. The van der Waals surface area contributed by atoms with Crippen LogP contribution in [0.1, 0.15) is 10.4 Å². The lowest BCUT2D eigenvalue weighted by Crippen LogP contribution is -2.51. The fraction of sp³-hybridized carbons (Fsp3) is 0.444. The van der Waals surface area contributed by atoms with Crippen molar-refractivity contribution in [1.82, 2.24) is 15.1 Å². The van der Waals surface area contributed by atoms with Gasteiger partial charge in [-0.15, -0.1) is 0 Å². The number of piperazine rings is 1. The van der Waals surface area contributed by atoms with Gasteiger partial charge >= 0.3 is 0 Å². The summed E-state index contributed by atoms with van der Waals surface area (Å²) in [5, 5.41) is 4.02. The summed E-state index contributed by atoms with van der Waals surface area (Å²) in [4.78, 5) is 28.6. The van der Waals surface area contributed by atoms with Crippen LogP contribution in [-0.4, -0.2) is 74.6 Å². The second-order valence-corrected chi connectivity index (χ2v) is 6.19. The molecule has 0 aromatic heterocycles. The van der Waals surface area contributed by atoms with Crippen LogP contribution in [0.15, 0.2) is 36.7 Å². The third-order valence-corrected chi connectivity index (χ3v) is 4.41. The maximum absolute atomic E-state index is 12.3. The van der Waals surface area contributed by atoms with Gasteiger partial charge in [-0.3, -0.25) is 19.5 Å². The predicted octanol–water partition coefficient (Wildman–Crippen LogP) is -0.683. The largest absolute Gasteiger partial charge is 0.403 e. The lowest BCUT2D eigenvalue weighted by molar-refractivity contribution is -0.131. The van der Waals surface area contributed by atoms with E-state index in [-0.39, 0.29) is 18.4 Å². The van der Waals surface area contributed by atoms with Gasteiger partial charge in [0, 0.05) is 57.8 Å². The molecule has 2 amide bonds. The summed E-state index contributed by atoms with van der Waals surface area (Å²) in [6.07, 6.45) is 2.83. The summed E-state index contributed by atoms with van der Waals surface area (Å²) in [6, 6.07) is 6.70. The van der Waals surface area contributed by atoms with Crippen LogP contribution in [0.2, 0.25) is 0 Å². The molecular formula is C18H28N6O3. The monoisotopic (exact) mass is 376 g/mol. The number of ether oxygens (including phenoxy) is 1. The molecule has 0 atom stereocenters. The van der Waals surface area contributed by atoms with E-state index < -0.39 is 0 Å². The van der Waals surface area contributed by atoms with Crippen molar-refractivity contribution in [1.29, 1.82) is 0 Å². The van der Waals surface area contributed by atoms with Crippen LogP contribution in [0.3, 0.4) is 0 Å². The van der Waals surface area contributed by atoms with Gasteiger partial charge in [-0.1, -0.05) is 0 Å². The Hall–Kier alpha value is -2.62. The van der Waals surface area contributed by atoms with E-state index in [1.165, 1.54) is 17.4 Å². The number of carbonyl (C=O) groups excluding carboxylic acids is 2. The number of amides is 2. The SMILES string of the molecule is COCCN1CCN(C(=O)CNC(=O)c2ccc(N(N)/C=C\N)cc2)CC1. The molecule has 148 valence electrons. The van der Waals surface area contributed by atoms with Gasteiger partial charge in [0.05, 0.1) is 18.8 Å². The third kappa shape index (κ3) is 6.24. The molecule has 1 heterocycles. The number of hydrazine groups is 1. The van der Waals surface area contributed by atoms with Crippen molar-refractivity contribution in [2.75, 3.05) is 58.0 Å². The minimum Gasteiger partial charge on any atom is -0.403 e. The fourth-order valence-electron chi connectivity index (χ4n) is 2.77. The van der Waals surface area contributed by atoms with Gasteiger partial charge in [-0.05, 0) is 24.3 Å². The number of nitrogens with two attached hydrogens (primary N) is 2. The zero-order valence-corrected chi connectivity index (χ0v) is 15.6. The van der Waals surface area contributed by atoms with E-state index in [2.05, 4.69) is 10.2 Å². The molecule has 0 bridgehead atoms. The van der Waals surface area contributed by atoms with Gasteiger partial charge in [0.15, 0.2) is 0 Å². The van der Waals surface area contributed by atoms with Crippen molar-refractivity contribution in [2.45, 2.75) is 0 Å². The van der Waals surface area contributed by atoms with Gasteiger partial charge < -0.3 is 20.7 Å².